The van der Waals surface area contributed by atoms with Crippen LogP contribution in [0.4, 0.5) is 11.4 Å². The molecule has 3 rings (SSSR count). The lowest BCUT2D eigenvalue weighted by molar-refractivity contribution is -0.387. The molecule has 0 fully saturated rings. The maximum absolute atomic E-state index is 12.5. The third-order valence-corrected chi connectivity index (χ3v) is 5.16. The second kappa shape index (κ2) is 9.58. The topological polar surface area (TPSA) is 105 Å². The van der Waals surface area contributed by atoms with Crippen molar-refractivity contribution in [2.45, 2.75) is 16.7 Å². The van der Waals surface area contributed by atoms with Gasteiger partial charge in [0, 0.05) is 22.2 Å². The van der Waals surface area contributed by atoms with Crippen LogP contribution in [0, 0.1) is 28.4 Å². The summed E-state index contributed by atoms with van der Waals surface area (Å²) < 4.78 is 5.16. The van der Waals surface area contributed by atoms with Gasteiger partial charge in [0.25, 0.3) is 11.6 Å². The molecule has 150 valence electrons. The fourth-order valence-electron chi connectivity index (χ4n) is 2.57. The SMILES string of the molecule is Cc1ccc(Sc2ccc(C(=O)Nc3ccc(OCC#N)cc3)cc2[N+](=O)[O-])cc1. The van der Waals surface area contributed by atoms with Gasteiger partial charge in [-0.1, -0.05) is 29.5 Å². The van der Waals surface area contributed by atoms with E-state index in [-0.39, 0.29) is 17.9 Å². The zero-order valence-electron chi connectivity index (χ0n) is 16.0. The minimum absolute atomic E-state index is 0.0671. The number of nitriles is 1. The smallest absolute Gasteiger partial charge is 0.284 e. The van der Waals surface area contributed by atoms with Crippen LogP contribution in [0.5, 0.6) is 5.75 Å². The van der Waals surface area contributed by atoms with E-state index in [1.165, 1.54) is 17.8 Å². The molecule has 0 spiro atoms. The molecule has 0 heterocycles. The van der Waals surface area contributed by atoms with E-state index in [2.05, 4.69) is 5.32 Å². The van der Waals surface area contributed by atoms with Crippen LogP contribution in [0.15, 0.2) is 76.5 Å². The largest absolute Gasteiger partial charge is 0.479 e. The molecule has 0 aliphatic rings. The predicted octanol–water partition coefficient (Wildman–Crippen LogP) is 5.21. The van der Waals surface area contributed by atoms with E-state index in [1.807, 2.05) is 37.3 Å². The van der Waals surface area contributed by atoms with Gasteiger partial charge >= 0.3 is 0 Å². The first-order valence-corrected chi connectivity index (χ1v) is 9.72. The highest BCUT2D eigenvalue weighted by Crippen LogP contribution is 2.35. The number of carbonyl (C=O) groups excluding carboxylic acids is 1. The van der Waals surface area contributed by atoms with Gasteiger partial charge < -0.3 is 10.1 Å². The summed E-state index contributed by atoms with van der Waals surface area (Å²) in [6.45, 7) is 1.90. The Kier molecular flexibility index (Phi) is 6.67. The number of nitrogens with zero attached hydrogens (tertiary/aromatic N) is 2. The lowest BCUT2D eigenvalue weighted by Crippen LogP contribution is -2.12. The number of hydrogen-bond acceptors (Lipinski definition) is 6. The Hall–Kier alpha value is -3.83. The normalized spacial score (nSPS) is 10.1. The van der Waals surface area contributed by atoms with Gasteiger partial charge in [-0.15, -0.1) is 0 Å². The van der Waals surface area contributed by atoms with E-state index in [1.54, 1.807) is 36.4 Å². The number of nitro benzene ring substituents is 1. The van der Waals surface area contributed by atoms with Gasteiger partial charge in [0.2, 0.25) is 0 Å². The first-order valence-electron chi connectivity index (χ1n) is 8.90. The Morgan fingerprint density at radius 1 is 1.13 bits per heavy atom. The Balaban J connectivity index is 1.76. The number of rotatable bonds is 7. The average Bonchev–Trinajstić information content (AvgIpc) is 2.75. The number of benzene rings is 3. The molecule has 0 saturated heterocycles. The van der Waals surface area contributed by atoms with E-state index in [9.17, 15) is 14.9 Å². The van der Waals surface area contributed by atoms with Crippen LogP contribution in [-0.4, -0.2) is 17.4 Å². The molecular formula is C22H17N3O4S. The molecule has 1 N–H and O–H groups in total. The molecular weight excluding hydrogens is 402 g/mol. The molecule has 3 aromatic rings. The van der Waals surface area contributed by atoms with Crippen molar-refractivity contribution in [2.75, 3.05) is 11.9 Å². The van der Waals surface area contributed by atoms with Crippen molar-refractivity contribution < 1.29 is 14.5 Å². The first-order chi connectivity index (χ1) is 14.5. The van der Waals surface area contributed by atoms with E-state index >= 15 is 0 Å². The number of amides is 1. The minimum Gasteiger partial charge on any atom is -0.479 e. The van der Waals surface area contributed by atoms with Crippen LogP contribution in [-0.2, 0) is 0 Å². The van der Waals surface area contributed by atoms with E-state index < -0.39 is 10.8 Å². The van der Waals surface area contributed by atoms with Gasteiger partial charge in [0.1, 0.15) is 11.8 Å². The van der Waals surface area contributed by atoms with Crippen molar-refractivity contribution in [2.24, 2.45) is 0 Å². The van der Waals surface area contributed by atoms with Crippen molar-refractivity contribution in [1.29, 1.82) is 5.26 Å². The van der Waals surface area contributed by atoms with Gasteiger partial charge in [0.15, 0.2) is 6.61 Å². The molecule has 7 nitrogen and oxygen atoms in total. The maximum atomic E-state index is 12.5. The number of aryl methyl sites for hydroxylation is 1. The van der Waals surface area contributed by atoms with E-state index in [0.29, 0.717) is 16.3 Å². The molecule has 0 atom stereocenters. The monoisotopic (exact) mass is 419 g/mol. The Labute approximate surface area is 177 Å². The zero-order valence-corrected chi connectivity index (χ0v) is 16.8. The lowest BCUT2D eigenvalue weighted by atomic mass is 10.2. The summed E-state index contributed by atoms with van der Waals surface area (Å²) in [7, 11) is 0. The Morgan fingerprint density at radius 2 is 1.83 bits per heavy atom. The van der Waals surface area contributed by atoms with Gasteiger partial charge in [-0.05, 0) is 55.5 Å². The Bertz CT molecular complexity index is 1110. The first kappa shape index (κ1) is 20.9. The van der Waals surface area contributed by atoms with Gasteiger partial charge in [-0.3, -0.25) is 14.9 Å². The Morgan fingerprint density at radius 3 is 2.47 bits per heavy atom. The highest BCUT2D eigenvalue weighted by Gasteiger charge is 2.18. The van der Waals surface area contributed by atoms with Crippen LogP contribution in [0.3, 0.4) is 0 Å². The van der Waals surface area contributed by atoms with Gasteiger partial charge in [-0.25, -0.2) is 0 Å². The summed E-state index contributed by atoms with van der Waals surface area (Å²) in [4.78, 5) is 24.9. The minimum atomic E-state index is -0.491. The molecule has 30 heavy (non-hydrogen) atoms. The summed E-state index contributed by atoms with van der Waals surface area (Å²) in [6.07, 6.45) is 0. The fourth-order valence-corrected chi connectivity index (χ4v) is 3.47. The quantitative estimate of drug-likeness (QED) is 0.416. The van der Waals surface area contributed by atoms with Crippen molar-refractivity contribution in [3.05, 3.63) is 88.0 Å². The summed E-state index contributed by atoms with van der Waals surface area (Å²) in [5, 5.41) is 22.8. The summed E-state index contributed by atoms with van der Waals surface area (Å²) >= 11 is 1.27. The number of nitrogens with one attached hydrogen (secondary N) is 1. The summed E-state index contributed by atoms with van der Waals surface area (Å²) in [5.41, 5.74) is 1.66. The summed E-state index contributed by atoms with van der Waals surface area (Å²) in [5.74, 6) is 0.0401. The number of anilines is 1. The summed E-state index contributed by atoms with van der Waals surface area (Å²) in [6, 6.07) is 20.4. The van der Waals surface area contributed by atoms with Crippen molar-refractivity contribution in [3.63, 3.8) is 0 Å². The molecule has 0 bridgehead atoms. The van der Waals surface area contributed by atoms with E-state index in [0.717, 1.165) is 10.5 Å². The van der Waals surface area contributed by atoms with Crippen LogP contribution >= 0.6 is 11.8 Å². The maximum Gasteiger partial charge on any atom is 0.284 e. The highest BCUT2D eigenvalue weighted by molar-refractivity contribution is 7.99. The van der Waals surface area contributed by atoms with Crippen molar-refractivity contribution in [3.8, 4) is 11.8 Å². The lowest BCUT2D eigenvalue weighted by Gasteiger charge is -2.08. The average molecular weight is 419 g/mol. The second-order valence-corrected chi connectivity index (χ2v) is 7.40. The molecule has 1 amide bonds. The standard InChI is InChI=1S/C22H17N3O4S/c1-15-2-9-19(10-3-15)30-21-11-4-16(14-20(21)25(27)28)22(26)24-17-5-7-18(8-6-17)29-13-12-23/h2-11,14H,13H2,1H3,(H,24,26). The van der Waals surface area contributed by atoms with Gasteiger partial charge in [0.05, 0.1) is 9.82 Å². The van der Waals surface area contributed by atoms with Crippen molar-refractivity contribution >= 4 is 29.0 Å². The van der Waals surface area contributed by atoms with Crippen LogP contribution in [0.2, 0.25) is 0 Å². The number of ether oxygens (including phenoxy) is 1. The molecule has 0 saturated carbocycles. The molecule has 0 unspecified atom stereocenters. The number of nitro groups is 1. The molecule has 0 aliphatic carbocycles. The fraction of sp³-hybridized carbons (Fsp3) is 0.0909. The zero-order chi connectivity index (χ0) is 21.5. The predicted molar refractivity (Wildman–Crippen MR) is 114 cm³/mol. The number of hydrogen-bond donors (Lipinski definition) is 1. The third kappa shape index (κ3) is 5.37. The van der Waals surface area contributed by atoms with Crippen LogP contribution in [0.25, 0.3) is 0 Å². The van der Waals surface area contributed by atoms with E-state index in [4.69, 9.17) is 10.00 Å². The number of carbonyl (C=O) groups is 1. The van der Waals surface area contributed by atoms with Crippen molar-refractivity contribution in [1.82, 2.24) is 0 Å². The third-order valence-electron chi connectivity index (χ3n) is 4.08. The molecule has 3 aromatic carbocycles. The van der Waals surface area contributed by atoms with Crippen LogP contribution in [0.1, 0.15) is 15.9 Å². The van der Waals surface area contributed by atoms with Gasteiger partial charge in [-0.2, -0.15) is 5.26 Å². The second-order valence-electron chi connectivity index (χ2n) is 6.28. The van der Waals surface area contributed by atoms with Crippen LogP contribution < -0.4 is 10.1 Å². The molecule has 0 radical (unpaired) electrons. The highest BCUT2D eigenvalue weighted by atomic mass is 32.2. The molecule has 0 aromatic heterocycles. The molecule has 8 heteroatoms. The molecule has 0 aliphatic heterocycles.